The fraction of sp³-hybridized carbons (Fsp3) is 0.421. The van der Waals surface area contributed by atoms with Crippen molar-refractivity contribution in [3.8, 4) is 0 Å². The predicted octanol–water partition coefficient (Wildman–Crippen LogP) is 4.48. The molecule has 3 rings (SSSR count). The van der Waals surface area contributed by atoms with Gasteiger partial charge in [0.1, 0.15) is 11.9 Å². The third-order valence-electron chi connectivity index (χ3n) is 4.65. The molecule has 2 atom stereocenters. The molecule has 1 aliphatic rings. The van der Waals surface area contributed by atoms with Crippen molar-refractivity contribution in [3.63, 3.8) is 0 Å². The second kappa shape index (κ2) is 7.45. The first-order chi connectivity index (χ1) is 11.6. The number of nitrogens with zero attached hydrogens (tertiary/aromatic N) is 1. The Hall–Kier alpha value is -1.72. The van der Waals surface area contributed by atoms with Gasteiger partial charge in [-0.2, -0.15) is 0 Å². The molecule has 2 aromatic rings. The van der Waals surface area contributed by atoms with E-state index in [9.17, 15) is 14.3 Å². The maximum Gasteiger partial charge on any atom is 0.320 e. The summed E-state index contributed by atoms with van der Waals surface area (Å²) in [6, 6.07) is 10.0. The number of benzene rings is 1. The number of carbonyl (C=O) groups is 1. The van der Waals surface area contributed by atoms with Gasteiger partial charge in [0.2, 0.25) is 0 Å². The van der Waals surface area contributed by atoms with E-state index in [0.29, 0.717) is 6.42 Å². The van der Waals surface area contributed by atoms with E-state index in [0.717, 1.165) is 36.2 Å². The number of aliphatic carboxylic acids is 1. The molecule has 0 bridgehead atoms. The molecule has 0 saturated carbocycles. The van der Waals surface area contributed by atoms with Crippen LogP contribution >= 0.6 is 11.3 Å². The maximum atomic E-state index is 13.4. The van der Waals surface area contributed by atoms with Crippen molar-refractivity contribution in [2.75, 3.05) is 6.54 Å². The van der Waals surface area contributed by atoms with E-state index in [4.69, 9.17) is 0 Å². The summed E-state index contributed by atoms with van der Waals surface area (Å²) >= 11 is 1.72. The molecule has 1 N–H and O–H groups in total. The minimum absolute atomic E-state index is 0.128. The molecule has 5 heteroatoms. The lowest BCUT2D eigenvalue weighted by Crippen LogP contribution is -2.46. The molecule has 0 amide bonds. The highest BCUT2D eigenvalue weighted by atomic mass is 32.1. The number of hydrogen-bond acceptors (Lipinski definition) is 3. The highest BCUT2D eigenvalue weighted by molar-refractivity contribution is 7.12. The van der Waals surface area contributed by atoms with Crippen LogP contribution in [0.25, 0.3) is 0 Å². The highest BCUT2D eigenvalue weighted by Crippen LogP contribution is 2.37. The van der Waals surface area contributed by atoms with Crippen molar-refractivity contribution < 1.29 is 14.3 Å². The topological polar surface area (TPSA) is 40.5 Å². The van der Waals surface area contributed by atoms with Crippen LogP contribution < -0.4 is 0 Å². The Labute approximate surface area is 145 Å². The van der Waals surface area contributed by atoms with Crippen LogP contribution in [0.3, 0.4) is 0 Å². The van der Waals surface area contributed by atoms with Gasteiger partial charge in [-0.15, -0.1) is 11.3 Å². The first-order valence-corrected chi connectivity index (χ1v) is 9.24. The smallest absolute Gasteiger partial charge is 0.320 e. The van der Waals surface area contributed by atoms with Crippen LogP contribution in [-0.4, -0.2) is 28.6 Å². The average molecular weight is 347 g/mol. The summed E-state index contributed by atoms with van der Waals surface area (Å²) in [4.78, 5) is 16.2. The Morgan fingerprint density at radius 2 is 2.04 bits per heavy atom. The zero-order chi connectivity index (χ0) is 17.1. The normalized spacial score (nSPS) is 20.0. The minimum atomic E-state index is -0.769. The second-order valence-corrected chi connectivity index (χ2v) is 7.40. The molecule has 2 heterocycles. The molecule has 128 valence electrons. The summed E-state index contributed by atoms with van der Waals surface area (Å²) in [6.07, 6.45) is 3.56. The van der Waals surface area contributed by atoms with Gasteiger partial charge in [-0.3, -0.25) is 9.69 Å². The summed E-state index contributed by atoms with van der Waals surface area (Å²) in [6.45, 7) is 2.86. The van der Waals surface area contributed by atoms with Crippen LogP contribution in [0.5, 0.6) is 0 Å². The van der Waals surface area contributed by atoms with Crippen molar-refractivity contribution in [1.82, 2.24) is 4.90 Å². The summed E-state index contributed by atoms with van der Waals surface area (Å²) in [5, 5.41) is 9.65. The number of halogens is 1. The predicted molar refractivity (Wildman–Crippen MR) is 93.9 cm³/mol. The van der Waals surface area contributed by atoms with Crippen LogP contribution in [0.2, 0.25) is 0 Å². The molecule has 24 heavy (non-hydrogen) atoms. The van der Waals surface area contributed by atoms with E-state index in [1.165, 1.54) is 17.0 Å². The number of carboxylic acids is 1. The first kappa shape index (κ1) is 17.1. The lowest BCUT2D eigenvalue weighted by molar-refractivity contribution is -0.145. The molecule has 1 aromatic heterocycles. The van der Waals surface area contributed by atoms with E-state index in [2.05, 4.69) is 24.0 Å². The molecular weight excluding hydrogens is 325 g/mol. The van der Waals surface area contributed by atoms with E-state index >= 15 is 0 Å². The monoisotopic (exact) mass is 347 g/mol. The van der Waals surface area contributed by atoms with Crippen LogP contribution in [0, 0.1) is 5.82 Å². The summed E-state index contributed by atoms with van der Waals surface area (Å²) in [5.74, 6) is -1.04. The Morgan fingerprint density at radius 1 is 1.29 bits per heavy atom. The molecule has 1 saturated heterocycles. The van der Waals surface area contributed by atoms with Gasteiger partial charge in [0.05, 0.1) is 6.04 Å². The van der Waals surface area contributed by atoms with Gasteiger partial charge in [-0.25, -0.2) is 4.39 Å². The van der Waals surface area contributed by atoms with E-state index in [1.54, 1.807) is 23.5 Å². The maximum absolute atomic E-state index is 13.4. The van der Waals surface area contributed by atoms with E-state index in [1.807, 2.05) is 0 Å². The molecule has 1 aromatic carbocycles. The van der Waals surface area contributed by atoms with Gasteiger partial charge in [-0.05, 0) is 55.6 Å². The SMILES string of the molecule is CCc1ccc(C(c2ccc(F)cc2)N2CCCCC2C(=O)O)s1. The van der Waals surface area contributed by atoms with Crippen LogP contribution in [0.4, 0.5) is 4.39 Å². The standard InChI is InChI=1S/C19H22FNO2S/c1-2-15-10-11-17(24-15)18(13-6-8-14(20)9-7-13)21-12-4-3-5-16(21)19(22)23/h6-11,16,18H,2-5,12H2,1H3,(H,22,23). The van der Waals surface area contributed by atoms with Gasteiger partial charge in [0.15, 0.2) is 0 Å². The lowest BCUT2D eigenvalue weighted by Gasteiger charge is -2.39. The van der Waals surface area contributed by atoms with Gasteiger partial charge in [0, 0.05) is 9.75 Å². The average Bonchev–Trinajstić information content (AvgIpc) is 3.06. The van der Waals surface area contributed by atoms with Crippen molar-refractivity contribution >= 4 is 17.3 Å². The molecule has 0 radical (unpaired) electrons. The number of thiophene rings is 1. The molecule has 1 fully saturated rings. The Kier molecular flexibility index (Phi) is 5.31. The Morgan fingerprint density at radius 3 is 2.67 bits per heavy atom. The zero-order valence-corrected chi connectivity index (χ0v) is 14.6. The number of piperidine rings is 1. The summed E-state index contributed by atoms with van der Waals surface area (Å²) < 4.78 is 13.4. The van der Waals surface area contributed by atoms with Crippen molar-refractivity contribution in [2.24, 2.45) is 0 Å². The minimum Gasteiger partial charge on any atom is -0.480 e. The Balaban J connectivity index is 2.03. The first-order valence-electron chi connectivity index (χ1n) is 8.42. The van der Waals surface area contributed by atoms with Crippen molar-refractivity contribution in [1.29, 1.82) is 0 Å². The number of hydrogen-bond donors (Lipinski definition) is 1. The third kappa shape index (κ3) is 3.52. The van der Waals surface area contributed by atoms with Crippen LogP contribution in [0.1, 0.15) is 47.5 Å². The molecule has 0 spiro atoms. The Bertz CT molecular complexity index is 698. The van der Waals surface area contributed by atoms with Crippen molar-refractivity contribution in [3.05, 3.63) is 57.5 Å². The largest absolute Gasteiger partial charge is 0.480 e. The van der Waals surface area contributed by atoms with Gasteiger partial charge >= 0.3 is 5.97 Å². The van der Waals surface area contributed by atoms with Crippen LogP contribution in [-0.2, 0) is 11.2 Å². The zero-order valence-electron chi connectivity index (χ0n) is 13.7. The molecule has 0 aliphatic carbocycles. The van der Waals surface area contributed by atoms with Gasteiger partial charge < -0.3 is 5.11 Å². The third-order valence-corrected chi connectivity index (χ3v) is 5.93. The number of rotatable bonds is 5. The molecular formula is C19H22FNO2S. The molecule has 3 nitrogen and oxygen atoms in total. The summed E-state index contributed by atoms with van der Waals surface area (Å²) in [5.41, 5.74) is 0.953. The quantitative estimate of drug-likeness (QED) is 0.867. The second-order valence-electron chi connectivity index (χ2n) is 6.20. The van der Waals surface area contributed by atoms with Crippen LogP contribution in [0.15, 0.2) is 36.4 Å². The van der Waals surface area contributed by atoms with E-state index in [-0.39, 0.29) is 11.9 Å². The highest BCUT2D eigenvalue weighted by Gasteiger charge is 2.35. The van der Waals surface area contributed by atoms with Gasteiger partial charge in [0.25, 0.3) is 0 Å². The fourth-order valence-electron chi connectivity index (χ4n) is 3.42. The van der Waals surface area contributed by atoms with Crippen molar-refractivity contribution in [2.45, 2.75) is 44.7 Å². The molecule has 1 aliphatic heterocycles. The number of aryl methyl sites for hydroxylation is 1. The number of likely N-dealkylation sites (tertiary alicyclic amines) is 1. The van der Waals surface area contributed by atoms with Gasteiger partial charge in [-0.1, -0.05) is 25.5 Å². The summed E-state index contributed by atoms with van der Waals surface area (Å²) in [7, 11) is 0. The lowest BCUT2D eigenvalue weighted by atomic mass is 9.95. The fourth-order valence-corrected chi connectivity index (χ4v) is 4.53. The van der Waals surface area contributed by atoms with E-state index < -0.39 is 12.0 Å². The number of carboxylic acid groups (broad SMARTS) is 1. The molecule has 2 unspecified atom stereocenters.